The molecule has 0 aliphatic carbocycles. The first-order valence-electron chi connectivity index (χ1n) is 6.15. The highest BCUT2D eigenvalue weighted by atomic mass is 35.5. The third kappa shape index (κ3) is 4.31. The van der Waals surface area contributed by atoms with E-state index in [9.17, 15) is 4.79 Å². The van der Waals surface area contributed by atoms with Gasteiger partial charge in [0.1, 0.15) is 5.75 Å². The summed E-state index contributed by atoms with van der Waals surface area (Å²) >= 11 is 5.92. The Hall–Kier alpha value is -1.06. The highest BCUT2D eigenvalue weighted by molar-refractivity contribution is 6.32. The van der Waals surface area contributed by atoms with Gasteiger partial charge in [0.05, 0.1) is 12.1 Å². The largest absolute Gasteiger partial charge is 0.495 e. The van der Waals surface area contributed by atoms with E-state index in [4.69, 9.17) is 22.1 Å². The average molecular weight is 270 g/mol. The van der Waals surface area contributed by atoms with Crippen molar-refractivity contribution in [2.45, 2.75) is 26.2 Å². The van der Waals surface area contributed by atoms with Crippen molar-refractivity contribution in [2.75, 3.05) is 13.7 Å². The van der Waals surface area contributed by atoms with Gasteiger partial charge in [-0.1, -0.05) is 18.5 Å². The van der Waals surface area contributed by atoms with Gasteiger partial charge in [-0.05, 0) is 43.5 Å². The first-order chi connectivity index (χ1) is 8.58. The van der Waals surface area contributed by atoms with Crippen LogP contribution in [0.15, 0.2) is 18.2 Å². The molecule has 0 aliphatic rings. The van der Waals surface area contributed by atoms with Gasteiger partial charge in [0, 0.05) is 12.0 Å². The van der Waals surface area contributed by atoms with Gasteiger partial charge in [0.2, 0.25) is 0 Å². The van der Waals surface area contributed by atoms with Crippen LogP contribution in [0.1, 0.15) is 36.5 Å². The second kappa shape index (κ2) is 7.39. The molecule has 1 aromatic carbocycles. The van der Waals surface area contributed by atoms with E-state index in [1.165, 1.54) is 0 Å². The predicted octanol–water partition coefficient (Wildman–Crippen LogP) is 3.30. The van der Waals surface area contributed by atoms with Crippen molar-refractivity contribution in [3.63, 3.8) is 0 Å². The summed E-state index contributed by atoms with van der Waals surface area (Å²) in [4.78, 5) is 12.0. The summed E-state index contributed by atoms with van der Waals surface area (Å²) in [6.07, 6.45) is 2.35. The molecular weight excluding hydrogens is 250 g/mol. The lowest BCUT2D eigenvalue weighted by atomic mass is 9.97. The number of hydrogen-bond donors (Lipinski definition) is 1. The van der Waals surface area contributed by atoms with E-state index in [1.54, 1.807) is 25.3 Å². The van der Waals surface area contributed by atoms with Gasteiger partial charge in [0.25, 0.3) is 0 Å². The van der Waals surface area contributed by atoms with E-state index < -0.39 is 0 Å². The summed E-state index contributed by atoms with van der Waals surface area (Å²) in [5.41, 5.74) is 6.13. The molecule has 1 aromatic rings. The molecule has 1 rings (SSSR count). The zero-order chi connectivity index (χ0) is 13.5. The average Bonchev–Trinajstić information content (AvgIpc) is 2.37. The van der Waals surface area contributed by atoms with Crippen molar-refractivity contribution in [1.82, 2.24) is 0 Å². The van der Waals surface area contributed by atoms with Crippen LogP contribution in [0.5, 0.6) is 5.75 Å². The molecule has 0 spiro atoms. The summed E-state index contributed by atoms with van der Waals surface area (Å²) in [5, 5.41) is 0.519. The van der Waals surface area contributed by atoms with E-state index >= 15 is 0 Å². The van der Waals surface area contributed by atoms with Crippen LogP contribution in [0.3, 0.4) is 0 Å². The van der Waals surface area contributed by atoms with Crippen LogP contribution in [-0.2, 0) is 0 Å². The minimum atomic E-state index is 0.119. The van der Waals surface area contributed by atoms with Crippen molar-refractivity contribution in [1.29, 1.82) is 0 Å². The van der Waals surface area contributed by atoms with Crippen LogP contribution in [0.4, 0.5) is 0 Å². The maximum atomic E-state index is 12.0. The molecule has 0 aliphatic heterocycles. The minimum Gasteiger partial charge on any atom is -0.495 e. The Bertz CT molecular complexity index is 407. The zero-order valence-electron chi connectivity index (χ0n) is 10.9. The number of methoxy groups -OCH3 is 1. The molecule has 1 atom stereocenters. The highest BCUT2D eigenvalue weighted by Gasteiger charge is 2.11. The van der Waals surface area contributed by atoms with E-state index in [2.05, 4.69) is 6.92 Å². The van der Waals surface area contributed by atoms with E-state index in [-0.39, 0.29) is 5.78 Å². The molecule has 100 valence electrons. The quantitative estimate of drug-likeness (QED) is 0.773. The van der Waals surface area contributed by atoms with E-state index in [0.29, 0.717) is 35.2 Å². The molecule has 1 unspecified atom stereocenters. The van der Waals surface area contributed by atoms with Crippen molar-refractivity contribution in [3.8, 4) is 5.75 Å². The number of halogens is 1. The Morgan fingerprint density at radius 1 is 1.44 bits per heavy atom. The molecule has 4 heteroatoms. The van der Waals surface area contributed by atoms with Gasteiger partial charge < -0.3 is 10.5 Å². The number of hydrogen-bond acceptors (Lipinski definition) is 3. The Balaban J connectivity index is 2.61. The Labute approximate surface area is 113 Å². The van der Waals surface area contributed by atoms with E-state index in [0.717, 1.165) is 12.8 Å². The first kappa shape index (κ1) is 15.0. The monoisotopic (exact) mass is 269 g/mol. The molecule has 0 aromatic heterocycles. The predicted molar refractivity (Wildman–Crippen MR) is 74.4 cm³/mol. The summed E-state index contributed by atoms with van der Waals surface area (Å²) in [6, 6.07) is 5.12. The van der Waals surface area contributed by atoms with Gasteiger partial charge in [0.15, 0.2) is 5.78 Å². The third-order valence-corrected chi connectivity index (χ3v) is 3.31. The fourth-order valence-corrected chi connectivity index (χ4v) is 1.98. The van der Waals surface area contributed by atoms with Crippen LogP contribution in [-0.4, -0.2) is 19.4 Å². The minimum absolute atomic E-state index is 0.119. The molecule has 0 bridgehead atoms. The van der Waals surface area contributed by atoms with Crippen molar-refractivity contribution >= 4 is 17.4 Å². The molecular formula is C14H20ClNO2. The highest BCUT2D eigenvalue weighted by Crippen LogP contribution is 2.26. The second-order valence-corrected chi connectivity index (χ2v) is 4.90. The SMILES string of the molecule is COc1cc(C(=O)CCC(C)CCN)ccc1Cl. The number of ether oxygens (including phenoxy) is 1. The Kier molecular flexibility index (Phi) is 6.16. The second-order valence-electron chi connectivity index (χ2n) is 4.49. The maximum absolute atomic E-state index is 12.0. The van der Waals surface area contributed by atoms with Crippen LogP contribution in [0.2, 0.25) is 5.02 Å². The maximum Gasteiger partial charge on any atom is 0.163 e. The summed E-state index contributed by atoms with van der Waals surface area (Å²) < 4.78 is 5.10. The summed E-state index contributed by atoms with van der Waals surface area (Å²) in [5.74, 6) is 1.14. The van der Waals surface area contributed by atoms with Gasteiger partial charge >= 0.3 is 0 Å². The molecule has 3 nitrogen and oxygen atoms in total. The molecule has 0 saturated carbocycles. The zero-order valence-corrected chi connectivity index (χ0v) is 11.7. The number of Topliss-reactive ketones (excluding diaryl/α,β-unsaturated/α-hetero) is 1. The standard InChI is InChI=1S/C14H20ClNO2/c1-10(7-8-16)3-6-13(17)11-4-5-12(15)14(9-11)18-2/h4-5,9-10H,3,6-8,16H2,1-2H3. The summed E-state index contributed by atoms with van der Waals surface area (Å²) in [6.45, 7) is 2.78. The number of rotatable bonds is 7. The van der Waals surface area contributed by atoms with Gasteiger partial charge in [-0.2, -0.15) is 0 Å². The van der Waals surface area contributed by atoms with Gasteiger partial charge in [-0.15, -0.1) is 0 Å². The third-order valence-electron chi connectivity index (χ3n) is 3.00. The number of carbonyl (C=O) groups excluding carboxylic acids is 1. The van der Waals surface area contributed by atoms with Crippen LogP contribution >= 0.6 is 11.6 Å². The van der Waals surface area contributed by atoms with Crippen molar-refractivity contribution < 1.29 is 9.53 Å². The van der Waals surface area contributed by atoms with Crippen molar-refractivity contribution in [3.05, 3.63) is 28.8 Å². The van der Waals surface area contributed by atoms with Gasteiger partial charge in [-0.25, -0.2) is 0 Å². The number of nitrogens with two attached hydrogens (primary N) is 1. The number of carbonyl (C=O) groups is 1. The van der Waals surface area contributed by atoms with Crippen LogP contribution in [0, 0.1) is 5.92 Å². The smallest absolute Gasteiger partial charge is 0.163 e. The normalized spacial score (nSPS) is 12.2. The summed E-state index contributed by atoms with van der Waals surface area (Å²) in [7, 11) is 1.54. The Morgan fingerprint density at radius 2 is 2.17 bits per heavy atom. The van der Waals surface area contributed by atoms with E-state index in [1.807, 2.05) is 0 Å². The fourth-order valence-electron chi connectivity index (χ4n) is 1.78. The fraction of sp³-hybridized carbons (Fsp3) is 0.500. The Morgan fingerprint density at radius 3 is 2.78 bits per heavy atom. The van der Waals surface area contributed by atoms with Crippen molar-refractivity contribution in [2.24, 2.45) is 11.7 Å². The van der Waals surface area contributed by atoms with Gasteiger partial charge in [-0.3, -0.25) is 4.79 Å². The molecule has 0 amide bonds. The lowest BCUT2D eigenvalue weighted by molar-refractivity contribution is 0.0974. The number of benzene rings is 1. The molecule has 18 heavy (non-hydrogen) atoms. The lowest BCUT2D eigenvalue weighted by Crippen LogP contribution is -2.08. The lowest BCUT2D eigenvalue weighted by Gasteiger charge is -2.09. The molecule has 0 radical (unpaired) electrons. The first-order valence-corrected chi connectivity index (χ1v) is 6.53. The van der Waals surface area contributed by atoms with Crippen LogP contribution < -0.4 is 10.5 Å². The molecule has 0 heterocycles. The van der Waals surface area contributed by atoms with Crippen LogP contribution in [0.25, 0.3) is 0 Å². The topological polar surface area (TPSA) is 52.3 Å². The molecule has 0 fully saturated rings. The molecule has 2 N–H and O–H groups in total. The number of ketones is 1. The molecule has 0 saturated heterocycles.